The molecule has 96 valence electrons. The van der Waals surface area contributed by atoms with Crippen molar-refractivity contribution >= 4 is 11.8 Å². The number of rotatable bonds is 8. The first-order chi connectivity index (χ1) is 8.31. The molecule has 0 radical (unpaired) electrons. The molecule has 1 aromatic rings. The molecule has 0 bridgehead atoms. The van der Waals surface area contributed by atoms with E-state index in [0.717, 1.165) is 18.0 Å². The van der Waals surface area contributed by atoms with Gasteiger partial charge in [0.1, 0.15) is 5.75 Å². The Morgan fingerprint density at radius 2 is 2.24 bits per heavy atom. The van der Waals surface area contributed by atoms with Crippen molar-refractivity contribution in [2.45, 2.75) is 26.3 Å². The molecule has 0 aliphatic heterocycles. The lowest BCUT2D eigenvalue weighted by Gasteiger charge is -2.18. The summed E-state index contributed by atoms with van der Waals surface area (Å²) in [5.74, 6) is 3.11. The Hall–Kier alpha value is -0.740. The maximum Gasteiger partial charge on any atom is 0.137 e. The average Bonchev–Trinajstić information content (AvgIpc) is 2.38. The third kappa shape index (κ3) is 4.96. The topological polar surface area (TPSA) is 34.2 Å². The molecule has 1 atom stereocenters. The van der Waals surface area contributed by atoms with E-state index in [2.05, 4.69) is 30.2 Å². The summed E-state index contributed by atoms with van der Waals surface area (Å²) in [7, 11) is 1.68. The van der Waals surface area contributed by atoms with E-state index in [4.69, 9.17) is 4.74 Å². The van der Waals surface area contributed by atoms with Crippen LogP contribution in [0.3, 0.4) is 0 Å². The highest BCUT2D eigenvalue weighted by atomic mass is 32.2. The second kappa shape index (κ2) is 8.37. The molecule has 3 nitrogen and oxygen atoms in total. The van der Waals surface area contributed by atoms with Crippen LogP contribution in [-0.2, 0) is 0 Å². The van der Waals surface area contributed by atoms with Gasteiger partial charge in [0.25, 0.3) is 0 Å². The third-order valence-corrected chi connectivity index (χ3v) is 3.72. The van der Waals surface area contributed by atoms with E-state index in [0.29, 0.717) is 6.04 Å². The van der Waals surface area contributed by atoms with Gasteiger partial charge in [-0.05, 0) is 30.3 Å². The van der Waals surface area contributed by atoms with Gasteiger partial charge in [-0.25, -0.2) is 0 Å². The lowest BCUT2D eigenvalue weighted by molar-refractivity contribution is 0.411. The molecule has 1 unspecified atom stereocenters. The van der Waals surface area contributed by atoms with Crippen LogP contribution < -0.4 is 10.1 Å². The number of thioether (sulfide) groups is 1. The normalized spacial score (nSPS) is 12.4. The number of nitrogens with one attached hydrogen (secondary N) is 1. The van der Waals surface area contributed by atoms with E-state index in [1.165, 1.54) is 17.7 Å². The monoisotopic (exact) mass is 254 g/mol. The summed E-state index contributed by atoms with van der Waals surface area (Å²) in [5, 5.41) is 3.49. The summed E-state index contributed by atoms with van der Waals surface area (Å²) in [4.78, 5) is 4.21. The SMILES string of the molecule is CCCSCC(NCC)c1cncc(OC)c1. The molecule has 1 N–H and O–H groups in total. The van der Waals surface area contributed by atoms with Gasteiger partial charge in [0, 0.05) is 18.0 Å². The van der Waals surface area contributed by atoms with Crippen LogP contribution >= 0.6 is 11.8 Å². The van der Waals surface area contributed by atoms with E-state index in [1.54, 1.807) is 13.3 Å². The Bertz CT molecular complexity index is 320. The quantitative estimate of drug-likeness (QED) is 0.723. The summed E-state index contributed by atoms with van der Waals surface area (Å²) in [6.07, 6.45) is 4.88. The maximum absolute atomic E-state index is 5.21. The minimum Gasteiger partial charge on any atom is -0.495 e. The molecule has 0 fully saturated rings. The van der Waals surface area contributed by atoms with Gasteiger partial charge in [-0.2, -0.15) is 11.8 Å². The predicted molar refractivity (Wildman–Crippen MR) is 74.8 cm³/mol. The predicted octanol–water partition coefficient (Wildman–Crippen LogP) is 2.88. The highest BCUT2D eigenvalue weighted by molar-refractivity contribution is 7.99. The standard InChI is InChI=1S/C13H22N2OS/c1-4-6-17-10-13(15-5-2)11-7-12(16-3)9-14-8-11/h7-9,13,15H,4-6,10H2,1-3H3. The number of hydrogen-bond donors (Lipinski definition) is 1. The lowest BCUT2D eigenvalue weighted by atomic mass is 10.1. The second-order valence-corrected chi connectivity index (χ2v) is 4.99. The van der Waals surface area contributed by atoms with Crippen molar-refractivity contribution in [3.63, 3.8) is 0 Å². The first-order valence-electron chi connectivity index (χ1n) is 6.11. The van der Waals surface area contributed by atoms with Gasteiger partial charge >= 0.3 is 0 Å². The van der Waals surface area contributed by atoms with E-state index in [9.17, 15) is 0 Å². The summed E-state index contributed by atoms with van der Waals surface area (Å²) in [6.45, 7) is 5.31. The molecule has 4 heteroatoms. The minimum atomic E-state index is 0.360. The van der Waals surface area contributed by atoms with Crippen LogP contribution in [0.1, 0.15) is 31.9 Å². The second-order valence-electron chi connectivity index (χ2n) is 3.84. The summed E-state index contributed by atoms with van der Waals surface area (Å²) in [5.41, 5.74) is 1.20. The van der Waals surface area contributed by atoms with Crippen molar-refractivity contribution in [2.75, 3.05) is 25.2 Å². The Labute approximate surface area is 108 Å². The number of nitrogens with zero attached hydrogens (tertiary/aromatic N) is 1. The Balaban J connectivity index is 2.66. The molecule has 0 aliphatic carbocycles. The molecule has 17 heavy (non-hydrogen) atoms. The molecule has 1 aromatic heterocycles. The molecule has 1 rings (SSSR count). The highest BCUT2D eigenvalue weighted by Crippen LogP contribution is 2.21. The number of pyridine rings is 1. The Kier molecular flexibility index (Phi) is 7.05. The largest absolute Gasteiger partial charge is 0.495 e. The third-order valence-electron chi connectivity index (χ3n) is 2.46. The van der Waals surface area contributed by atoms with E-state index >= 15 is 0 Å². The van der Waals surface area contributed by atoms with Crippen LogP contribution in [0.2, 0.25) is 0 Å². The minimum absolute atomic E-state index is 0.360. The van der Waals surface area contributed by atoms with Crippen molar-refractivity contribution in [3.05, 3.63) is 24.0 Å². The van der Waals surface area contributed by atoms with Crippen molar-refractivity contribution in [3.8, 4) is 5.75 Å². The van der Waals surface area contributed by atoms with Crippen LogP contribution in [0.4, 0.5) is 0 Å². The zero-order valence-electron chi connectivity index (χ0n) is 10.9. The fourth-order valence-corrected chi connectivity index (χ4v) is 2.60. The van der Waals surface area contributed by atoms with Gasteiger partial charge in [0.05, 0.1) is 13.3 Å². The molecule has 0 saturated carbocycles. The van der Waals surface area contributed by atoms with Gasteiger partial charge in [-0.3, -0.25) is 4.98 Å². The summed E-state index contributed by atoms with van der Waals surface area (Å²) >= 11 is 1.98. The van der Waals surface area contributed by atoms with Gasteiger partial charge < -0.3 is 10.1 Å². The van der Waals surface area contributed by atoms with Crippen LogP contribution in [0.5, 0.6) is 5.75 Å². The van der Waals surface area contributed by atoms with E-state index in [1.807, 2.05) is 18.0 Å². The average molecular weight is 254 g/mol. The van der Waals surface area contributed by atoms with Gasteiger partial charge in [-0.1, -0.05) is 13.8 Å². The molecule has 0 spiro atoms. The Morgan fingerprint density at radius 3 is 2.88 bits per heavy atom. The van der Waals surface area contributed by atoms with Gasteiger partial charge in [-0.15, -0.1) is 0 Å². The van der Waals surface area contributed by atoms with Gasteiger partial charge in [0.2, 0.25) is 0 Å². The van der Waals surface area contributed by atoms with Crippen LogP contribution in [0.15, 0.2) is 18.5 Å². The molecule has 0 aromatic carbocycles. The van der Waals surface area contributed by atoms with Crippen LogP contribution in [0.25, 0.3) is 0 Å². The van der Waals surface area contributed by atoms with Crippen LogP contribution in [0, 0.1) is 0 Å². The Morgan fingerprint density at radius 1 is 1.41 bits per heavy atom. The molecule has 0 saturated heterocycles. The van der Waals surface area contributed by atoms with Crippen LogP contribution in [-0.4, -0.2) is 30.1 Å². The number of aromatic nitrogens is 1. The molecular formula is C13H22N2OS. The number of ether oxygens (including phenoxy) is 1. The molecular weight excluding hydrogens is 232 g/mol. The highest BCUT2D eigenvalue weighted by Gasteiger charge is 2.11. The zero-order valence-corrected chi connectivity index (χ0v) is 11.7. The van der Waals surface area contributed by atoms with Crippen molar-refractivity contribution in [1.29, 1.82) is 0 Å². The summed E-state index contributed by atoms with van der Waals surface area (Å²) < 4.78 is 5.21. The summed E-state index contributed by atoms with van der Waals surface area (Å²) in [6, 6.07) is 2.42. The van der Waals surface area contributed by atoms with Crippen molar-refractivity contribution in [1.82, 2.24) is 10.3 Å². The molecule has 1 heterocycles. The van der Waals surface area contributed by atoms with E-state index in [-0.39, 0.29) is 0 Å². The fourth-order valence-electron chi connectivity index (χ4n) is 1.60. The van der Waals surface area contributed by atoms with Crippen molar-refractivity contribution < 1.29 is 4.74 Å². The lowest BCUT2D eigenvalue weighted by Crippen LogP contribution is -2.23. The number of hydrogen-bond acceptors (Lipinski definition) is 4. The zero-order chi connectivity index (χ0) is 12.5. The maximum atomic E-state index is 5.21. The first-order valence-corrected chi connectivity index (χ1v) is 7.27. The number of methoxy groups -OCH3 is 1. The van der Waals surface area contributed by atoms with Crippen molar-refractivity contribution in [2.24, 2.45) is 0 Å². The van der Waals surface area contributed by atoms with Gasteiger partial charge in [0.15, 0.2) is 0 Å². The molecule has 0 amide bonds. The first kappa shape index (κ1) is 14.3. The van der Waals surface area contributed by atoms with E-state index < -0.39 is 0 Å². The smallest absolute Gasteiger partial charge is 0.137 e. The molecule has 0 aliphatic rings. The fraction of sp³-hybridized carbons (Fsp3) is 0.615.